The normalized spacial score (nSPS) is 12.3. The molecule has 0 saturated heterocycles. The fraction of sp³-hybridized carbons (Fsp3) is 0.682. The van der Waals surface area contributed by atoms with Gasteiger partial charge in [0.05, 0.1) is 6.61 Å². The van der Waals surface area contributed by atoms with Gasteiger partial charge in [-0.05, 0) is 67.5 Å². The summed E-state index contributed by atoms with van der Waals surface area (Å²) < 4.78 is 22.4. The molecular formula is C22H39N2O4P. The van der Waals surface area contributed by atoms with E-state index in [0.29, 0.717) is 48.9 Å². The van der Waals surface area contributed by atoms with Crippen molar-refractivity contribution in [3.8, 4) is 11.5 Å². The van der Waals surface area contributed by atoms with Crippen LogP contribution in [-0.4, -0.2) is 52.7 Å². The molecule has 0 atom stereocenters. The third-order valence-corrected chi connectivity index (χ3v) is 7.21. The van der Waals surface area contributed by atoms with Crippen molar-refractivity contribution < 1.29 is 18.8 Å². The summed E-state index contributed by atoms with van der Waals surface area (Å²) in [4.78, 5) is 11.3. The molecule has 0 saturated carbocycles. The van der Waals surface area contributed by atoms with Gasteiger partial charge in [-0.1, -0.05) is 12.1 Å². The Morgan fingerprint density at radius 2 is 1.28 bits per heavy atom. The molecule has 0 amide bonds. The van der Waals surface area contributed by atoms with Crippen molar-refractivity contribution in [1.29, 1.82) is 0 Å². The molecule has 0 N–H and O–H groups in total. The monoisotopic (exact) mass is 426 g/mol. The van der Waals surface area contributed by atoms with E-state index in [-0.39, 0.29) is 5.97 Å². The summed E-state index contributed by atoms with van der Waals surface area (Å²) in [6, 6.07) is 8.66. The van der Waals surface area contributed by atoms with Gasteiger partial charge >= 0.3 is 5.97 Å². The number of carbonyl (C=O) groups is 1. The number of esters is 1. The summed E-state index contributed by atoms with van der Waals surface area (Å²) in [7, 11) is -0.946. The Morgan fingerprint density at radius 1 is 0.828 bits per heavy atom. The molecule has 29 heavy (non-hydrogen) atoms. The number of para-hydroxylation sites is 2. The first-order chi connectivity index (χ1) is 13.6. The van der Waals surface area contributed by atoms with Crippen molar-refractivity contribution in [2.75, 3.05) is 13.2 Å². The van der Waals surface area contributed by atoms with Crippen molar-refractivity contribution in [2.45, 2.75) is 86.5 Å². The van der Waals surface area contributed by atoms with Crippen LogP contribution >= 0.6 is 8.45 Å². The summed E-state index contributed by atoms with van der Waals surface area (Å²) in [5.74, 6) is 0.610. The van der Waals surface area contributed by atoms with Gasteiger partial charge in [0.1, 0.15) is 6.61 Å². The van der Waals surface area contributed by atoms with Crippen LogP contribution in [0.1, 0.15) is 62.3 Å². The minimum absolute atomic E-state index is 0.366. The van der Waals surface area contributed by atoms with Gasteiger partial charge in [-0.3, -0.25) is 4.79 Å². The topological polar surface area (TPSA) is 51.2 Å². The molecule has 0 bridgehead atoms. The molecule has 1 rings (SSSR count). The Labute approximate surface area is 178 Å². The highest BCUT2D eigenvalue weighted by Crippen LogP contribution is 2.50. The molecule has 0 aliphatic rings. The predicted molar refractivity (Wildman–Crippen MR) is 120 cm³/mol. The third kappa shape index (κ3) is 8.21. The Balaban J connectivity index is 2.87. The van der Waals surface area contributed by atoms with E-state index in [1.807, 2.05) is 12.1 Å². The lowest BCUT2D eigenvalue weighted by molar-refractivity contribution is -0.132. The van der Waals surface area contributed by atoms with Gasteiger partial charge in [0.2, 0.25) is 0 Å². The zero-order chi connectivity index (χ0) is 22.1. The number of ether oxygens (including phenoxy) is 2. The van der Waals surface area contributed by atoms with E-state index in [1.54, 1.807) is 12.1 Å². The molecule has 6 nitrogen and oxygen atoms in total. The summed E-state index contributed by atoms with van der Waals surface area (Å²) in [5.41, 5.74) is 0. The maximum absolute atomic E-state index is 11.3. The molecule has 0 fully saturated rings. The molecule has 1 aromatic rings. The average Bonchev–Trinajstić information content (AvgIpc) is 2.58. The van der Waals surface area contributed by atoms with E-state index in [1.165, 1.54) is 6.92 Å². The van der Waals surface area contributed by atoms with E-state index >= 15 is 0 Å². The van der Waals surface area contributed by atoms with E-state index < -0.39 is 8.45 Å². The van der Waals surface area contributed by atoms with Crippen molar-refractivity contribution in [2.24, 2.45) is 0 Å². The number of benzene rings is 1. The third-order valence-electron chi connectivity index (χ3n) is 4.16. The fourth-order valence-corrected chi connectivity index (χ4v) is 5.64. The van der Waals surface area contributed by atoms with Gasteiger partial charge in [-0.15, -0.1) is 0 Å². The van der Waals surface area contributed by atoms with Crippen LogP contribution < -0.4 is 9.47 Å². The van der Waals surface area contributed by atoms with Crippen molar-refractivity contribution in [3.63, 3.8) is 0 Å². The predicted octanol–water partition coefficient (Wildman–Crippen LogP) is 5.47. The second-order valence-electron chi connectivity index (χ2n) is 8.11. The standard InChI is InChI=1S/C22H39N2O4P/c1-16(2)23(17(3)4)29(24(18(5)6)19(7)8)27-15-14-26-21-12-10-11-13-22(21)28-20(9)25/h10-13,16-19H,14-15H2,1-9H3. The molecule has 166 valence electrons. The van der Waals surface area contributed by atoms with Gasteiger partial charge in [-0.2, -0.15) is 0 Å². The van der Waals surface area contributed by atoms with Crippen molar-refractivity contribution in [1.82, 2.24) is 9.34 Å². The first-order valence-corrected chi connectivity index (χ1v) is 11.6. The van der Waals surface area contributed by atoms with Crippen LogP contribution in [0.4, 0.5) is 0 Å². The molecule has 1 aromatic carbocycles. The summed E-state index contributed by atoms with van der Waals surface area (Å²) >= 11 is 0. The second-order valence-corrected chi connectivity index (χ2v) is 9.80. The van der Waals surface area contributed by atoms with Gasteiger partial charge < -0.3 is 14.0 Å². The number of hydrogen-bond acceptors (Lipinski definition) is 6. The van der Waals surface area contributed by atoms with Gasteiger partial charge in [0, 0.05) is 31.1 Å². The van der Waals surface area contributed by atoms with Crippen LogP contribution in [-0.2, 0) is 9.32 Å². The Morgan fingerprint density at radius 3 is 1.69 bits per heavy atom. The molecular weight excluding hydrogens is 387 g/mol. The largest absolute Gasteiger partial charge is 0.487 e. The lowest BCUT2D eigenvalue weighted by atomic mass is 10.3. The van der Waals surface area contributed by atoms with Gasteiger partial charge in [-0.25, -0.2) is 9.34 Å². The van der Waals surface area contributed by atoms with Gasteiger partial charge in [0.25, 0.3) is 0 Å². The Kier molecular flexibility index (Phi) is 11.1. The maximum atomic E-state index is 11.3. The highest BCUT2D eigenvalue weighted by molar-refractivity contribution is 7.47. The molecule has 0 heterocycles. The SMILES string of the molecule is CC(=O)Oc1ccccc1OCCOP(N(C(C)C)C(C)C)N(C(C)C)C(C)C. The fourth-order valence-electron chi connectivity index (χ4n) is 3.31. The minimum Gasteiger partial charge on any atom is -0.487 e. The minimum atomic E-state index is -0.946. The molecule has 0 aliphatic heterocycles. The highest BCUT2D eigenvalue weighted by atomic mass is 31.2. The summed E-state index contributed by atoms with van der Waals surface area (Å²) in [5, 5.41) is 0. The zero-order valence-electron chi connectivity index (χ0n) is 19.5. The van der Waals surface area contributed by atoms with Crippen LogP contribution in [0.2, 0.25) is 0 Å². The van der Waals surface area contributed by atoms with E-state index in [9.17, 15) is 4.79 Å². The zero-order valence-corrected chi connectivity index (χ0v) is 20.4. The number of hydrogen-bond donors (Lipinski definition) is 0. The molecule has 0 aliphatic carbocycles. The number of carbonyl (C=O) groups excluding carboxylic acids is 1. The van der Waals surface area contributed by atoms with E-state index in [0.717, 1.165) is 0 Å². The number of rotatable bonds is 12. The Bertz CT molecular complexity index is 587. The highest BCUT2D eigenvalue weighted by Gasteiger charge is 2.34. The maximum Gasteiger partial charge on any atom is 0.308 e. The molecule has 0 spiro atoms. The lowest BCUT2D eigenvalue weighted by Crippen LogP contribution is -2.43. The smallest absolute Gasteiger partial charge is 0.308 e. The van der Waals surface area contributed by atoms with Gasteiger partial charge in [0.15, 0.2) is 19.9 Å². The molecule has 7 heteroatoms. The van der Waals surface area contributed by atoms with Crippen LogP contribution in [0.15, 0.2) is 24.3 Å². The summed E-state index contributed by atoms with van der Waals surface area (Å²) in [6.45, 7) is 19.9. The second kappa shape index (κ2) is 12.5. The number of nitrogens with zero attached hydrogens (tertiary/aromatic N) is 2. The van der Waals surface area contributed by atoms with E-state index in [4.69, 9.17) is 14.0 Å². The summed E-state index contributed by atoms with van der Waals surface area (Å²) in [6.07, 6.45) is 0. The quantitative estimate of drug-likeness (QED) is 0.191. The first kappa shape index (κ1) is 25.8. The first-order valence-electron chi connectivity index (χ1n) is 10.5. The molecule has 0 unspecified atom stereocenters. The van der Waals surface area contributed by atoms with Crippen LogP contribution in [0.5, 0.6) is 11.5 Å². The molecule has 0 radical (unpaired) electrons. The van der Waals surface area contributed by atoms with Crippen molar-refractivity contribution in [3.05, 3.63) is 24.3 Å². The van der Waals surface area contributed by atoms with Crippen LogP contribution in [0.3, 0.4) is 0 Å². The van der Waals surface area contributed by atoms with Crippen LogP contribution in [0, 0.1) is 0 Å². The lowest BCUT2D eigenvalue weighted by Gasteiger charge is -2.45. The average molecular weight is 427 g/mol. The Hall–Kier alpha value is -1.20. The van der Waals surface area contributed by atoms with Crippen molar-refractivity contribution >= 4 is 14.4 Å². The van der Waals surface area contributed by atoms with E-state index in [2.05, 4.69) is 64.7 Å². The molecule has 0 aromatic heterocycles. The van der Waals surface area contributed by atoms with Crippen LogP contribution in [0.25, 0.3) is 0 Å².